The predicted molar refractivity (Wildman–Crippen MR) is 115 cm³/mol. The summed E-state index contributed by atoms with van der Waals surface area (Å²) >= 11 is 0. The molecule has 2 amide bonds. The summed E-state index contributed by atoms with van der Waals surface area (Å²) in [6.45, 7) is 3.46. The molecule has 6 nitrogen and oxygen atoms in total. The van der Waals surface area contributed by atoms with Crippen molar-refractivity contribution < 1.29 is 23.9 Å². The van der Waals surface area contributed by atoms with Gasteiger partial charge in [-0.25, -0.2) is 4.79 Å². The first-order chi connectivity index (χ1) is 14.9. The Kier molecular flexibility index (Phi) is 5.55. The number of fused-ring (bicyclic) bond motifs is 1. The number of hydrogen-bond acceptors (Lipinski definition) is 5. The molecule has 0 aromatic heterocycles. The Morgan fingerprint density at radius 1 is 1.03 bits per heavy atom. The van der Waals surface area contributed by atoms with E-state index in [-0.39, 0.29) is 47.5 Å². The highest BCUT2D eigenvalue weighted by Gasteiger charge is 2.50. The van der Waals surface area contributed by atoms with Crippen molar-refractivity contribution in [2.24, 2.45) is 17.8 Å². The normalized spacial score (nSPS) is 22.4. The molecule has 1 fully saturated rings. The van der Waals surface area contributed by atoms with E-state index in [0.29, 0.717) is 17.7 Å². The minimum absolute atomic E-state index is 0.0128. The number of aryl methyl sites for hydroxylation is 1. The Morgan fingerprint density at radius 3 is 2.48 bits per heavy atom. The molecular formula is C25H23NO5. The van der Waals surface area contributed by atoms with Crippen LogP contribution in [0.5, 0.6) is 0 Å². The lowest BCUT2D eigenvalue weighted by Crippen LogP contribution is -2.31. The minimum Gasteiger partial charge on any atom is -0.454 e. The first-order valence-electron chi connectivity index (χ1n) is 10.3. The van der Waals surface area contributed by atoms with Gasteiger partial charge in [0.15, 0.2) is 12.4 Å². The molecule has 0 unspecified atom stereocenters. The van der Waals surface area contributed by atoms with Gasteiger partial charge in [-0.05, 0) is 37.5 Å². The summed E-state index contributed by atoms with van der Waals surface area (Å²) in [5, 5.41) is 0. The summed E-state index contributed by atoms with van der Waals surface area (Å²) in [4.78, 5) is 51.7. The van der Waals surface area contributed by atoms with Gasteiger partial charge in [-0.2, -0.15) is 0 Å². The van der Waals surface area contributed by atoms with Crippen LogP contribution in [-0.4, -0.2) is 30.2 Å². The summed E-state index contributed by atoms with van der Waals surface area (Å²) in [6, 6.07) is 13.2. The maximum absolute atomic E-state index is 12.9. The van der Waals surface area contributed by atoms with Crippen LogP contribution in [0.4, 0.5) is 5.69 Å². The molecule has 1 aliphatic heterocycles. The quantitative estimate of drug-likeness (QED) is 0.320. The number of esters is 1. The number of benzene rings is 2. The minimum atomic E-state index is -0.686. The maximum atomic E-state index is 12.9. The number of anilines is 1. The van der Waals surface area contributed by atoms with E-state index in [1.54, 1.807) is 24.3 Å². The summed E-state index contributed by atoms with van der Waals surface area (Å²) in [7, 11) is 0. The van der Waals surface area contributed by atoms with Crippen molar-refractivity contribution in [3.8, 4) is 0 Å². The lowest BCUT2D eigenvalue weighted by Gasteiger charge is -2.22. The molecule has 0 N–H and O–H groups in total. The van der Waals surface area contributed by atoms with Gasteiger partial charge in [-0.1, -0.05) is 55.0 Å². The maximum Gasteiger partial charge on any atom is 0.338 e. The largest absolute Gasteiger partial charge is 0.454 e. The summed E-state index contributed by atoms with van der Waals surface area (Å²) in [6.07, 6.45) is 4.45. The van der Waals surface area contributed by atoms with E-state index in [1.165, 1.54) is 17.0 Å². The average Bonchev–Trinajstić information content (AvgIpc) is 3.03. The van der Waals surface area contributed by atoms with Gasteiger partial charge < -0.3 is 4.74 Å². The van der Waals surface area contributed by atoms with Crippen molar-refractivity contribution in [3.63, 3.8) is 0 Å². The summed E-state index contributed by atoms with van der Waals surface area (Å²) < 4.78 is 5.17. The van der Waals surface area contributed by atoms with E-state index in [0.717, 1.165) is 5.56 Å². The van der Waals surface area contributed by atoms with Crippen molar-refractivity contribution in [1.82, 2.24) is 0 Å². The van der Waals surface area contributed by atoms with Crippen LogP contribution in [0.3, 0.4) is 0 Å². The van der Waals surface area contributed by atoms with E-state index in [9.17, 15) is 19.2 Å². The van der Waals surface area contributed by atoms with Crippen LogP contribution in [0.2, 0.25) is 0 Å². The second-order valence-electron chi connectivity index (χ2n) is 8.08. The second kappa shape index (κ2) is 8.30. The van der Waals surface area contributed by atoms with Gasteiger partial charge in [0.1, 0.15) is 0 Å². The van der Waals surface area contributed by atoms with Gasteiger partial charge in [-0.3, -0.25) is 19.3 Å². The number of ketones is 1. The summed E-state index contributed by atoms with van der Waals surface area (Å²) in [5.41, 5.74) is 2.01. The monoisotopic (exact) mass is 417 g/mol. The molecule has 6 heteroatoms. The fourth-order valence-electron chi connectivity index (χ4n) is 4.21. The fourth-order valence-corrected chi connectivity index (χ4v) is 4.21. The molecule has 1 heterocycles. The van der Waals surface area contributed by atoms with Gasteiger partial charge in [0.2, 0.25) is 11.8 Å². The van der Waals surface area contributed by atoms with Crippen molar-refractivity contribution in [2.75, 3.05) is 11.5 Å². The van der Waals surface area contributed by atoms with Crippen LogP contribution in [0.1, 0.15) is 39.6 Å². The zero-order chi connectivity index (χ0) is 22.1. The lowest BCUT2D eigenvalue weighted by atomic mass is 9.78. The Morgan fingerprint density at radius 2 is 1.77 bits per heavy atom. The number of Topliss-reactive ketones (excluding diaryl/α,β-unsaturated/α-hetero) is 1. The number of carbonyl (C=O) groups excluding carboxylic acids is 4. The Bertz CT molecular complexity index is 1090. The molecule has 2 aliphatic rings. The van der Waals surface area contributed by atoms with Gasteiger partial charge in [0, 0.05) is 5.56 Å². The number of carbonyl (C=O) groups is 4. The zero-order valence-corrected chi connectivity index (χ0v) is 17.4. The van der Waals surface area contributed by atoms with E-state index < -0.39 is 5.97 Å². The van der Waals surface area contributed by atoms with Gasteiger partial charge in [-0.15, -0.1) is 0 Å². The third-order valence-electron chi connectivity index (χ3n) is 5.92. The van der Waals surface area contributed by atoms with Gasteiger partial charge in [0.25, 0.3) is 0 Å². The molecule has 1 saturated heterocycles. The van der Waals surface area contributed by atoms with E-state index in [2.05, 4.69) is 0 Å². The first kappa shape index (κ1) is 20.7. The first-order valence-corrected chi connectivity index (χ1v) is 10.3. The lowest BCUT2D eigenvalue weighted by molar-refractivity contribution is -0.122. The van der Waals surface area contributed by atoms with Gasteiger partial charge in [0.05, 0.1) is 23.1 Å². The smallest absolute Gasteiger partial charge is 0.338 e. The number of ether oxygens (including phenoxy) is 1. The van der Waals surface area contributed by atoms with E-state index >= 15 is 0 Å². The Balaban J connectivity index is 1.47. The number of amides is 2. The fraction of sp³-hybridized carbons (Fsp3) is 0.280. The number of imide groups is 1. The topological polar surface area (TPSA) is 80.8 Å². The Labute approximate surface area is 180 Å². The average molecular weight is 417 g/mol. The molecule has 3 atom stereocenters. The highest BCUT2D eigenvalue weighted by molar-refractivity contribution is 6.22. The molecule has 2 aromatic rings. The second-order valence-corrected chi connectivity index (χ2v) is 8.08. The Hall–Kier alpha value is -3.54. The van der Waals surface area contributed by atoms with Gasteiger partial charge >= 0.3 is 5.97 Å². The third kappa shape index (κ3) is 3.93. The third-order valence-corrected chi connectivity index (χ3v) is 5.92. The van der Waals surface area contributed by atoms with Crippen LogP contribution in [0.25, 0.3) is 0 Å². The molecule has 31 heavy (non-hydrogen) atoms. The highest BCUT2D eigenvalue weighted by Crippen LogP contribution is 2.40. The van der Waals surface area contributed by atoms with E-state index in [4.69, 9.17) is 4.74 Å². The van der Waals surface area contributed by atoms with Crippen LogP contribution >= 0.6 is 0 Å². The van der Waals surface area contributed by atoms with Crippen LogP contribution in [0.15, 0.2) is 60.7 Å². The molecule has 4 rings (SSSR count). The van der Waals surface area contributed by atoms with Crippen LogP contribution < -0.4 is 4.90 Å². The standard InChI is InChI=1S/C25H23NO5/c1-15-9-11-17(12-10-15)21(27)14-31-25(30)18-6-4-7-19(13-18)26-23(28)20-8-3-5-16(2)22(20)24(26)29/h3-7,9-13,16,20,22H,8,14H2,1-2H3/t16-,20-,22-/m1/s1. The van der Waals surface area contributed by atoms with Crippen molar-refractivity contribution in [3.05, 3.63) is 77.4 Å². The molecule has 158 valence electrons. The molecule has 0 radical (unpaired) electrons. The molecular weight excluding hydrogens is 394 g/mol. The van der Waals surface area contributed by atoms with Crippen molar-refractivity contribution in [2.45, 2.75) is 20.3 Å². The molecule has 0 bridgehead atoms. The van der Waals surface area contributed by atoms with E-state index in [1.807, 2.05) is 38.1 Å². The number of rotatable bonds is 5. The SMILES string of the molecule is Cc1ccc(C(=O)COC(=O)c2cccc(N3C(=O)[C@@H]4[C@H](C)C=CC[C@H]4C3=O)c2)cc1. The predicted octanol–water partition coefficient (Wildman–Crippen LogP) is 3.74. The molecule has 1 aliphatic carbocycles. The van der Waals surface area contributed by atoms with Crippen molar-refractivity contribution >= 4 is 29.3 Å². The summed E-state index contributed by atoms with van der Waals surface area (Å²) in [5.74, 6) is -2.23. The van der Waals surface area contributed by atoms with Crippen molar-refractivity contribution in [1.29, 1.82) is 0 Å². The number of nitrogens with zero attached hydrogens (tertiary/aromatic N) is 1. The molecule has 2 aromatic carbocycles. The number of allylic oxidation sites excluding steroid dienone is 2. The van der Waals surface area contributed by atoms with Crippen LogP contribution in [-0.2, 0) is 14.3 Å². The van der Waals surface area contributed by atoms with Crippen LogP contribution in [0, 0.1) is 24.7 Å². The molecule has 0 spiro atoms. The zero-order valence-electron chi connectivity index (χ0n) is 17.4. The molecule has 0 saturated carbocycles. The number of hydrogen-bond donors (Lipinski definition) is 0. The highest BCUT2D eigenvalue weighted by atomic mass is 16.5.